The number of piperidine rings is 1. The van der Waals surface area contributed by atoms with E-state index in [9.17, 15) is 4.79 Å². The first-order valence-corrected chi connectivity index (χ1v) is 8.62. The highest BCUT2D eigenvalue weighted by molar-refractivity contribution is 5.84. The third-order valence-electron chi connectivity index (χ3n) is 5.23. The van der Waals surface area contributed by atoms with Gasteiger partial charge in [-0.2, -0.15) is 5.10 Å². The van der Waals surface area contributed by atoms with Crippen LogP contribution in [0, 0.1) is 5.41 Å². The number of rotatable bonds is 5. The second kappa shape index (κ2) is 6.41. The van der Waals surface area contributed by atoms with Crippen LogP contribution in [0.3, 0.4) is 0 Å². The zero-order valence-electron chi connectivity index (χ0n) is 13.9. The lowest BCUT2D eigenvalue weighted by molar-refractivity contribution is -0.145. The van der Waals surface area contributed by atoms with E-state index < -0.39 is 0 Å². The van der Waals surface area contributed by atoms with Crippen LogP contribution in [0.4, 0.5) is 0 Å². The summed E-state index contributed by atoms with van der Waals surface area (Å²) in [6.45, 7) is 7.09. The van der Waals surface area contributed by atoms with Gasteiger partial charge in [-0.15, -0.1) is 0 Å². The fourth-order valence-electron chi connectivity index (χ4n) is 4.05. The normalized spacial score (nSPS) is 26.3. The molecular weight excluding hydrogens is 276 g/mol. The number of amides is 1. The number of carbonyl (C=O) groups excluding carboxylic acids is 1. The molecule has 0 radical (unpaired) electrons. The van der Waals surface area contributed by atoms with E-state index in [2.05, 4.69) is 28.0 Å². The van der Waals surface area contributed by atoms with E-state index >= 15 is 0 Å². The maximum atomic E-state index is 12.8. The maximum Gasteiger partial charge on any atom is 0.230 e. The highest BCUT2D eigenvalue weighted by Crippen LogP contribution is 2.40. The van der Waals surface area contributed by atoms with Crippen molar-refractivity contribution in [3.63, 3.8) is 0 Å². The first-order valence-electron chi connectivity index (χ1n) is 8.62. The zero-order chi connectivity index (χ0) is 15.6. The molecule has 0 N–H and O–H groups in total. The van der Waals surface area contributed by atoms with Gasteiger partial charge in [-0.1, -0.05) is 6.92 Å². The zero-order valence-corrected chi connectivity index (χ0v) is 13.9. The summed E-state index contributed by atoms with van der Waals surface area (Å²) in [5.41, 5.74) is 1.20. The highest BCUT2D eigenvalue weighted by Gasteiger charge is 2.47. The number of hydrogen-bond donors (Lipinski definition) is 0. The van der Waals surface area contributed by atoms with E-state index in [1.54, 1.807) is 0 Å². The first-order chi connectivity index (χ1) is 10.6. The molecule has 1 unspecified atom stereocenters. The minimum absolute atomic E-state index is 0.0810. The molecule has 0 aliphatic carbocycles. The fourth-order valence-corrected chi connectivity index (χ4v) is 4.05. The molecular formula is C17H28N4O. The van der Waals surface area contributed by atoms with Crippen LogP contribution in [0.15, 0.2) is 12.4 Å². The third kappa shape index (κ3) is 3.05. The lowest BCUT2D eigenvalue weighted by Gasteiger charge is -2.39. The van der Waals surface area contributed by atoms with Gasteiger partial charge >= 0.3 is 0 Å². The molecule has 5 nitrogen and oxygen atoms in total. The summed E-state index contributed by atoms with van der Waals surface area (Å²) in [4.78, 5) is 17.4. The molecule has 1 aromatic rings. The molecule has 1 atom stereocenters. The van der Waals surface area contributed by atoms with Gasteiger partial charge in [0.2, 0.25) is 5.91 Å². The SMILES string of the molecule is CCCN1CCCC2(CCN(CCc3cnn(C)c3)C2)C1=O. The summed E-state index contributed by atoms with van der Waals surface area (Å²) in [5, 5.41) is 4.23. The second-order valence-corrected chi connectivity index (χ2v) is 6.97. The number of nitrogens with zero attached hydrogens (tertiary/aromatic N) is 4. The van der Waals surface area contributed by atoms with Crippen molar-refractivity contribution in [1.82, 2.24) is 19.6 Å². The summed E-state index contributed by atoms with van der Waals surface area (Å²) in [5.74, 6) is 0.421. The Balaban J connectivity index is 1.57. The molecule has 3 heterocycles. The van der Waals surface area contributed by atoms with Gasteiger partial charge in [-0.25, -0.2) is 0 Å². The predicted molar refractivity (Wildman–Crippen MR) is 86.5 cm³/mol. The van der Waals surface area contributed by atoms with Crippen molar-refractivity contribution in [1.29, 1.82) is 0 Å². The number of aryl methyl sites for hydroxylation is 1. The quantitative estimate of drug-likeness (QED) is 0.831. The molecule has 1 spiro atoms. The van der Waals surface area contributed by atoms with Crippen LogP contribution in [-0.4, -0.2) is 58.2 Å². The lowest BCUT2D eigenvalue weighted by Crippen LogP contribution is -2.50. The lowest BCUT2D eigenvalue weighted by atomic mass is 9.78. The molecule has 2 saturated heterocycles. The van der Waals surface area contributed by atoms with Crippen LogP contribution < -0.4 is 0 Å². The number of carbonyl (C=O) groups is 1. The van der Waals surface area contributed by atoms with Gasteiger partial charge < -0.3 is 9.80 Å². The van der Waals surface area contributed by atoms with Gasteiger partial charge in [0.1, 0.15) is 0 Å². The standard InChI is InChI=1S/C17H28N4O/c1-3-8-21-9-4-6-17(16(21)22)7-11-20(14-17)10-5-15-12-18-19(2)13-15/h12-13H,3-11,14H2,1-2H3. The third-order valence-corrected chi connectivity index (χ3v) is 5.23. The van der Waals surface area contributed by atoms with E-state index in [0.29, 0.717) is 5.91 Å². The molecule has 22 heavy (non-hydrogen) atoms. The summed E-state index contributed by atoms with van der Waals surface area (Å²) in [6, 6.07) is 0. The molecule has 1 amide bonds. The number of aromatic nitrogens is 2. The van der Waals surface area contributed by atoms with Gasteiger partial charge in [0.05, 0.1) is 11.6 Å². The number of hydrogen-bond acceptors (Lipinski definition) is 3. The van der Waals surface area contributed by atoms with Gasteiger partial charge in [0.25, 0.3) is 0 Å². The molecule has 3 rings (SSSR count). The van der Waals surface area contributed by atoms with E-state index in [1.807, 2.05) is 17.9 Å². The summed E-state index contributed by atoms with van der Waals surface area (Å²) < 4.78 is 1.86. The fraction of sp³-hybridized carbons (Fsp3) is 0.765. The minimum Gasteiger partial charge on any atom is -0.342 e. The monoisotopic (exact) mass is 304 g/mol. The highest BCUT2D eigenvalue weighted by atomic mass is 16.2. The molecule has 1 aromatic heterocycles. The molecule has 0 bridgehead atoms. The molecule has 0 aromatic carbocycles. The predicted octanol–water partition coefficient (Wildman–Crippen LogP) is 1.69. The Morgan fingerprint density at radius 2 is 2.14 bits per heavy atom. The minimum atomic E-state index is -0.0810. The van der Waals surface area contributed by atoms with Gasteiger partial charge in [0.15, 0.2) is 0 Å². The van der Waals surface area contributed by atoms with Crippen LogP contribution in [0.5, 0.6) is 0 Å². The van der Waals surface area contributed by atoms with Crippen molar-refractivity contribution >= 4 is 5.91 Å². The Morgan fingerprint density at radius 3 is 2.86 bits per heavy atom. The molecule has 2 fully saturated rings. The van der Waals surface area contributed by atoms with E-state index in [0.717, 1.165) is 58.4 Å². The smallest absolute Gasteiger partial charge is 0.230 e. The molecule has 2 aliphatic heterocycles. The van der Waals surface area contributed by atoms with Gasteiger partial charge in [0, 0.05) is 39.4 Å². The number of likely N-dealkylation sites (tertiary alicyclic amines) is 2. The van der Waals surface area contributed by atoms with Crippen molar-refractivity contribution in [2.75, 3.05) is 32.7 Å². The molecule has 122 valence electrons. The van der Waals surface area contributed by atoms with E-state index in [-0.39, 0.29) is 5.41 Å². The van der Waals surface area contributed by atoms with Crippen LogP contribution in [0.25, 0.3) is 0 Å². The van der Waals surface area contributed by atoms with Crippen molar-refractivity contribution in [3.8, 4) is 0 Å². The van der Waals surface area contributed by atoms with Gasteiger partial charge in [-0.3, -0.25) is 9.48 Å². The van der Waals surface area contributed by atoms with Crippen LogP contribution in [0.2, 0.25) is 0 Å². The average Bonchev–Trinajstić information content (AvgIpc) is 3.10. The Bertz CT molecular complexity index is 524. The van der Waals surface area contributed by atoms with Crippen molar-refractivity contribution < 1.29 is 4.79 Å². The van der Waals surface area contributed by atoms with Crippen LogP contribution >= 0.6 is 0 Å². The maximum absolute atomic E-state index is 12.8. The molecule has 5 heteroatoms. The second-order valence-electron chi connectivity index (χ2n) is 6.97. The van der Waals surface area contributed by atoms with Gasteiger partial charge in [-0.05, 0) is 44.2 Å². The van der Waals surface area contributed by atoms with Crippen LogP contribution in [0.1, 0.15) is 38.2 Å². The van der Waals surface area contributed by atoms with Crippen LogP contribution in [-0.2, 0) is 18.3 Å². The van der Waals surface area contributed by atoms with E-state index in [1.165, 1.54) is 12.0 Å². The summed E-state index contributed by atoms with van der Waals surface area (Å²) in [6.07, 6.45) is 9.40. The Morgan fingerprint density at radius 1 is 1.27 bits per heavy atom. The average molecular weight is 304 g/mol. The Kier molecular flexibility index (Phi) is 4.52. The van der Waals surface area contributed by atoms with E-state index in [4.69, 9.17) is 0 Å². The summed E-state index contributed by atoms with van der Waals surface area (Å²) >= 11 is 0. The van der Waals surface area contributed by atoms with Crippen molar-refractivity contribution in [2.24, 2.45) is 12.5 Å². The Hall–Kier alpha value is -1.36. The largest absolute Gasteiger partial charge is 0.342 e. The Labute approximate surface area is 133 Å². The molecule has 0 saturated carbocycles. The van der Waals surface area contributed by atoms with Crippen molar-refractivity contribution in [3.05, 3.63) is 18.0 Å². The topological polar surface area (TPSA) is 41.4 Å². The summed E-state index contributed by atoms with van der Waals surface area (Å²) in [7, 11) is 1.96. The van der Waals surface area contributed by atoms with Crippen molar-refractivity contribution in [2.45, 2.75) is 39.0 Å². The molecule has 2 aliphatic rings. The first kappa shape index (κ1) is 15.5.